The first-order valence-corrected chi connectivity index (χ1v) is 7.99. The Labute approximate surface area is 134 Å². The first kappa shape index (κ1) is 16.0. The van der Waals surface area contributed by atoms with Crippen molar-refractivity contribution in [3.63, 3.8) is 0 Å². The molecule has 2 unspecified atom stereocenters. The molecule has 114 valence electrons. The lowest BCUT2D eigenvalue weighted by Crippen LogP contribution is -2.63. The average molecular weight is 353 g/mol. The fraction of sp³-hybridized carbons (Fsp3) is 0.500. The molecule has 0 aliphatic carbocycles. The van der Waals surface area contributed by atoms with Gasteiger partial charge in [-0.05, 0) is 49.9 Å². The van der Waals surface area contributed by atoms with Gasteiger partial charge in [0.25, 0.3) is 0 Å². The van der Waals surface area contributed by atoms with Gasteiger partial charge in [0, 0.05) is 10.2 Å². The molecule has 1 aliphatic heterocycles. The summed E-state index contributed by atoms with van der Waals surface area (Å²) in [5.74, 6) is 0.213. The van der Waals surface area contributed by atoms with Crippen LogP contribution >= 0.6 is 15.9 Å². The molecule has 1 aromatic rings. The van der Waals surface area contributed by atoms with Crippen molar-refractivity contribution < 1.29 is 9.59 Å². The number of hydrogen-bond donors (Lipinski definition) is 1. The van der Waals surface area contributed by atoms with Gasteiger partial charge in [-0.1, -0.05) is 29.8 Å². The van der Waals surface area contributed by atoms with E-state index in [0.29, 0.717) is 12.3 Å². The second-order valence-corrected chi connectivity index (χ2v) is 6.98. The van der Waals surface area contributed by atoms with Crippen LogP contribution in [0.5, 0.6) is 0 Å². The number of amides is 2. The number of nitrogens with one attached hydrogen (secondary N) is 1. The molecule has 0 aromatic heterocycles. The van der Waals surface area contributed by atoms with Gasteiger partial charge >= 0.3 is 0 Å². The van der Waals surface area contributed by atoms with Gasteiger partial charge in [0.2, 0.25) is 11.8 Å². The summed E-state index contributed by atoms with van der Waals surface area (Å²) in [4.78, 5) is 26.5. The number of carbonyl (C=O) groups excluding carboxylic acids is 2. The van der Waals surface area contributed by atoms with Gasteiger partial charge in [0.15, 0.2) is 0 Å². The Kier molecular flexibility index (Phi) is 4.71. The topological polar surface area (TPSA) is 49.4 Å². The van der Waals surface area contributed by atoms with Crippen LogP contribution in [0.1, 0.15) is 32.8 Å². The van der Waals surface area contributed by atoms with Crippen LogP contribution in [-0.2, 0) is 9.59 Å². The van der Waals surface area contributed by atoms with E-state index in [1.807, 2.05) is 39.0 Å². The molecule has 0 bridgehead atoms. The molecule has 1 N–H and O–H groups in total. The highest BCUT2D eigenvalue weighted by Gasteiger charge is 2.39. The molecule has 4 nitrogen and oxygen atoms in total. The number of nitrogens with zero attached hydrogens (tertiary/aromatic N) is 1. The van der Waals surface area contributed by atoms with Gasteiger partial charge in [0.1, 0.15) is 12.1 Å². The second-order valence-electron chi connectivity index (χ2n) is 6.06. The van der Waals surface area contributed by atoms with Crippen LogP contribution in [0.25, 0.3) is 0 Å². The van der Waals surface area contributed by atoms with E-state index in [1.54, 1.807) is 11.8 Å². The maximum atomic E-state index is 12.7. The summed E-state index contributed by atoms with van der Waals surface area (Å²) in [5.41, 5.74) is 1.81. The average Bonchev–Trinajstić information content (AvgIpc) is 2.34. The van der Waals surface area contributed by atoms with Crippen LogP contribution in [0.15, 0.2) is 22.7 Å². The van der Waals surface area contributed by atoms with Crippen LogP contribution < -0.4 is 10.2 Å². The summed E-state index contributed by atoms with van der Waals surface area (Å²) in [6, 6.07) is 4.87. The third-order valence-electron chi connectivity index (χ3n) is 3.63. The number of carbonyl (C=O) groups is 2. The van der Waals surface area contributed by atoms with Gasteiger partial charge in [-0.2, -0.15) is 0 Å². The van der Waals surface area contributed by atoms with Crippen LogP contribution in [-0.4, -0.2) is 23.9 Å². The van der Waals surface area contributed by atoms with E-state index in [2.05, 4.69) is 21.2 Å². The third kappa shape index (κ3) is 3.46. The summed E-state index contributed by atoms with van der Waals surface area (Å²) in [7, 11) is 0. The fourth-order valence-corrected chi connectivity index (χ4v) is 3.26. The van der Waals surface area contributed by atoms with Gasteiger partial charge in [-0.3, -0.25) is 14.5 Å². The molecule has 1 aromatic carbocycles. The van der Waals surface area contributed by atoms with Crippen molar-refractivity contribution >= 4 is 33.4 Å². The molecule has 2 atom stereocenters. The number of hydrogen-bond acceptors (Lipinski definition) is 2. The highest BCUT2D eigenvalue weighted by atomic mass is 79.9. The number of benzene rings is 1. The maximum Gasteiger partial charge on any atom is 0.250 e. The third-order valence-corrected chi connectivity index (χ3v) is 4.09. The monoisotopic (exact) mass is 352 g/mol. The normalized spacial score (nSPS) is 22.7. The maximum absolute atomic E-state index is 12.7. The van der Waals surface area contributed by atoms with Crippen LogP contribution in [0.3, 0.4) is 0 Å². The lowest BCUT2D eigenvalue weighted by Gasteiger charge is -2.38. The smallest absolute Gasteiger partial charge is 0.250 e. The minimum atomic E-state index is -0.491. The zero-order valence-corrected chi connectivity index (χ0v) is 14.4. The molecule has 1 fully saturated rings. The summed E-state index contributed by atoms with van der Waals surface area (Å²) < 4.78 is 0.906. The first-order chi connectivity index (χ1) is 9.79. The molecule has 1 aliphatic rings. The standard InChI is InChI=1S/C16H21BrN2O2/c1-9(2)5-14-16(21)19(11(4)15(20)18-14)13-7-10(3)6-12(17)8-13/h6-9,11,14H,5H2,1-4H3,(H,18,20). The van der Waals surface area contributed by atoms with Crippen molar-refractivity contribution in [2.24, 2.45) is 5.92 Å². The Hall–Kier alpha value is -1.36. The summed E-state index contributed by atoms with van der Waals surface area (Å²) in [6.07, 6.45) is 0.654. The van der Waals surface area contributed by atoms with Crippen molar-refractivity contribution in [1.82, 2.24) is 5.32 Å². The van der Waals surface area contributed by atoms with Gasteiger partial charge in [-0.15, -0.1) is 0 Å². The predicted molar refractivity (Wildman–Crippen MR) is 87.2 cm³/mol. The fourth-order valence-electron chi connectivity index (χ4n) is 2.67. The Morgan fingerprint density at radius 1 is 1.29 bits per heavy atom. The van der Waals surface area contributed by atoms with Crippen molar-refractivity contribution in [3.05, 3.63) is 28.2 Å². The summed E-state index contributed by atoms with van der Waals surface area (Å²) >= 11 is 3.45. The molecule has 21 heavy (non-hydrogen) atoms. The SMILES string of the molecule is Cc1cc(Br)cc(N2C(=O)C(CC(C)C)NC(=O)C2C)c1. The van der Waals surface area contributed by atoms with Gasteiger partial charge < -0.3 is 5.32 Å². The molecule has 5 heteroatoms. The molecule has 0 spiro atoms. The van der Waals surface area contributed by atoms with Crippen LogP contribution in [0, 0.1) is 12.8 Å². The predicted octanol–water partition coefficient (Wildman–Crippen LogP) is 3.02. The summed E-state index contributed by atoms with van der Waals surface area (Å²) in [5, 5.41) is 2.83. The molecule has 2 rings (SSSR count). The molecule has 0 saturated carbocycles. The Morgan fingerprint density at radius 2 is 1.95 bits per heavy atom. The molecule has 2 amide bonds. The van der Waals surface area contributed by atoms with Crippen molar-refractivity contribution in [1.29, 1.82) is 0 Å². The van der Waals surface area contributed by atoms with E-state index < -0.39 is 12.1 Å². The first-order valence-electron chi connectivity index (χ1n) is 7.20. The number of rotatable bonds is 3. The highest BCUT2D eigenvalue weighted by molar-refractivity contribution is 9.10. The Balaban J connectivity index is 2.38. The minimum absolute atomic E-state index is 0.0340. The quantitative estimate of drug-likeness (QED) is 0.908. The van der Waals surface area contributed by atoms with E-state index in [9.17, 15) is 9.59 Å². The lowest BCUT2D eigenvalue weighted by molar-refractivity contribution is -0.133. The van der Waals surface area contributed by atoms with Crippen LogP contribution in [0.4, 0.5) is 5.69 Å². The van der Waals surface area contributed by atoms with E-state index >= 15 is 0 Å². The van der Waals surface area contributed by atoms with Gasteiger partial charge in [-0.25, -0.2) is 0 Å². The highest BCUT2D eigenvalue weighted by Crippen LogP contribution is 2.27. The Morgan fingerprint density at radius 3 is 2.52 bits per heavy atom. The van der Waals surface area contributed by atoms with Crippen molar-refractivity contribution in [3.8, 4) is 0 Å². The number of anilines is 1. The van der Waals surface area contributed by atoms with E-state index in [4.69, 9.17) is 0 Å². The minimum Gasteiger partial charge on any atom is -0.342 e. The zero-order chi connectivity index (χ0) is 15.7. The number of aryl methyl sites for hydroxylation is 1. The lowest BCUT2D eigenvalue weighted by atomic mass is 9.98. The van der Waals surface area contributed by atoms with Crippen molar-refractivity contribution in [2.45, 2.75) is 46.2 Å². The van der Waals surface area contributed by atoms with Crippen LogP contribution in [0.2, 0.25) is 0 Å². The molecule has 0 radical (unpaired) electrons. The van der Waals surface area contributed by atoms with Crippen molar-refractivity contribution in [2.75, 3.05) is 4.90 Å². The molecule has 1 heterocycles. The number of piperazine rings is 1. The van der Waals surface area contributed by atoms with E-state index in [-0.39, 0.29) is 11.8 Å². The zero-order valence-electron chi connectivity index (χ0n) is 12.8. The second kappa shape index (κ2) is 6.18. The largest absolute Gasteiger partial charge is 0.342 e. The van der Waals surface area contributed by atoms with Gasteiger partial charge in [0.05, 0.1) is 0 Å². The van der Waals surface area contributed by atoms with E-state index in [1.165, 1.54) is 0 Å². The number of halogens is 1. The molecular formula is C16H21BrN2O2. The molecule has 1 saturated heterocycles. The molecular weight excluding hydrogens is 332 g/mol. The summed E-state index contributed by atoms with van der Waals surface area (Å²) in [6.45, 7) is 7.82. The van der Waals surface area contributed by atoms with E-state index in [0.717, 1.165) is 15.7 Å². The Bertz CT molecular complexity index is 551.